The molecule has 11 aromatic rings. The van der Waals surface area contributed by atoms with Crippen LogP contribution in [0.4, 0.5) is 0 Å². The van der Waals surface area contributed by atoms with Crippen LogP contribution in [-0.2, 0) is 0 Å². The molecule has 1 aliphatic heterocycles. The third kappa shape index (κ3) is 4.01. The number of fused-ring (bicyclic) bond motifs is 1. The molecule has 0 saturated carbocycles. The van der Waals surface area contributed by atoms with E-state index < -0.39 is 17.2 Å². The van der Waals surface area contributed by atoms with Crippen molar-refractivity contribution in [3.05, 3.63) is 90.0 Å². The molecule has 16 heteroatoms. The van der Waals surface area contributed by atoms with E-state index in [4.69, 9.17) is 22.7 Å². The highest BCUT2D eigenvalue weighted by atomic mass is 17.0. The van der Waals surface area contributed by atoms with Crippen molar-refractivity contribution in [3.63, 3.8) is 0 Å². The summed E-state index contributed by atoms with van der Waals surface area (Å²) >= 11 is 0. The molecule has 0 fully saturated rings. The molecule has 0 radical (unpaired) electrons. The van der Waals surface area contributed by atoms with Gasteiger partial charge in [0.15, 0.2) is 53.1 Å². The zero-order chi connectivity index (χ0) is 40.3. The van der Waals surface area contributed by atoms with Gasteiger partial charge in [0, 0.05) is 28.1 Å². The second kappa shape index (κ2) is 11.2. The predicted molar refractivity (Wildman–Crippen MR) is 229 cm³/mol. The molecule has 12 rings (SSSR count). The lowest BCUT2D eigenvalue weighted by atomic mass is 9.58. The zero-order valence-corrected chi connectivity index (χ0v) is 31.3. The standard InChI is InChI=1S/C43H27B3N2O11/c1-15-26-36(53)22(49)13-25(52)39(26)55-38(15)43-33-21(14-44)46-20-12-24(51)41-30-28-27-29-31(19(45)11-23(50)40(29)56-57-41)47(18-9-5-8-17(10-18)16-6-3-2-4-7-16)34(27)37(54)42(58-59-43)35(28)48(33)32(20)30/h2-14,46,49-54H,44-45H2,1H3/b21-14-. The van der Waals surface area contributed by atoms with Gasteiger partial charge in [-0.1, -0.05) is 58.9 Å². The monoisotopic (exact) mass is 780 g/mol. The van der Waals surface area contributed by atoms with Crippen molar-refractivity contribution in [2.24, 2.45) is 0 Å². The van der Waals surface area contributed by atoms with Crippen LogP contribution in [0, 0.1) is 6.92 Å². The van der Waals surface area contributed by atoms with Crippen LogP contribution in [0.15, 0.2) is 101 Å². The van der Waals surface area contributed by atoms with Crippen molar-refractivity contribution in [2.75, 3.05) is 0 Å². The number of benzene rings is 6. The number of aromatic nitrogens is 2. The van der Waals surface area contributed by atoms with Crippen LogP contribution < -0.4 is 10.9 Å². The molecule has 0 bridgehead atoms. The summed E-state index contributed by atoms with van der Waals surface area (Å²) in [4.78, 5) is 0. The summed E-state index contributed by atoms with van der Waals surface area (Å²) in [6.07, 6.45) is 0. The van der Waals surface area contributed by atoms with Crippen LogP contribution in [-0.4, -0.2) is 62.6 Å². The van der Waals surface area contributed by atoms with E-state index in [0.717, 1.165) is 17.2 Å². The fraction of sp³-hybridized carbons (Fsp3) is 0.0233. The number of nitrogens with zero attached hydrogens (tertiary/aromatic N) is 2. The van der Waals surface area contributed by atoms with Gasteiger partial charge in [-0.25, -0.2) is 0 Å². The highest BCUT2D eigenvalue weighted by Gasteiger charge is 2.37. The summed E-state index contributed by atoms with van der Waals surface area (Å²) in [6, 6.07) is 21.9. The van der Waals surface area contributed by atoms with Gasteiger partial charge in [0.05, 0.1) is 32.9 Å². The quantitative estimate of drug-likeness (QED) is 0.0508. The maximum absolute atomic E-state index is 12.8. The van der Waals surface area contributed by atoms with Crippen LogP contribution in [0.25, 0.3) is 105 Å². The first-order chi connectivity index (χ1) is 28.6. The van der Waals surface area contributed by atoms with Gasteiger partial charge < -0.3 is 44.0 Å². The number of phenols is 6. The fourth-order valence-electron chi connectivity index (χ4n) is 9.48. The molecule has 6 heterocycles. The molecule has 0 amide bonds. The van der Waals surface area contributed by atoms with E-state index in [0.29, 0.717) is 84.2 Å². The first kappa shape index (κ1) is 33.3. The Balaban J connectivity index is 1.36. The number of rotatable bonds is 3. The summed E-state index contributed by atoms with van der Waals surface area (Å²) in [7, 11) is 4.00. The van der Waals surface area contributed by atoms with Crippen LogP contribution in [0.1, 0.15) is 11.3 Å². The normalized spacial score (nSPS) is 13.5. The summed E-state index contributed by atoms with van der Waals surface area (Å²) in [5.41, 5.74) is 7.06. The Morgan fingerprint density at radius 2 is 1.27 bits per heavy atom. The molecule has 6 aromatic carbocycles. The van der Waals surface area contributed by atoms with E-state index in [-0.39, 0.29) is 56.5 Å². The van der Waals surface area contributed by atoms with Crippen molar-refractivity contribution >= 4 is 111 Å². The molecular formula is C43H27B3N2O11. The number of hydrogen-bond donors (Lipinski definition) is 6. The average molecular weight is 780 g/mol. The topological polar surface area (TPSA) is 196 Å². The maximum Gasteiger partial charge on any atom is 0.246 e. The van der Waals surface area contributed by atoms with Crippen molar-refractivity contribution < 1.29 is 53.4 Å². The van der Waals surface area contributed by atoms with E-state index in [2.05, 4.69) is 0 Å². The molecule has 0 spiro atoms. The Hall–Kier alpha value is -7.87. The van der Waals surface area contributed by atoms with Crippen molar-refractivity contribution in [1.29, 1.82) is 0 Å². The number of hydrogen-bond acceptors (Lipinski definition) is 11. The molecule has 59 heavy (non-hydrogen) atoms. The Morgan fingerprint density at radius 1 is 0.593 bits per heavy atom. The van der Waals surface area contributed by atoms with Gasteiger partial charge >= 0.3 is 0 Å². The minimum atomic E-state index is -0.539. The third-order valence-electron chi connectivity index (χ3n) is 11.9. The van der Waals surface area contributed by atoms with Crippen LogP contribution >= 0.6 is 0 Å². The summed E-state index contributed by atoms with van der Waals surface area (Å²) in [6.45, 7) is 1.65. The van der Waals surface area contributed by atoms with Crippen molar-refractivity contribution in [2.45, 2.75) is 6.92 Å². The smallest absolute Gasteiger partial charge is 0.246 e. The summed E-state index contributed by atoms with van der Waals surface area (Å²) in [5.74, 6) is -0.190. The predicted octanol–water partition coefficient (Wildman–Crippen LogP) is 6.32. The molecule has 1 aliphatic rings. The highest BCUT2D eigenvalue weighted by Crippen LogP contribution is 2.54. The van der Waals surface area contributed by atoms with Gasteiger partial charge in [-0.2, -0.15) is 0 Å². The largest absolute Gasteiger partial charge is 0.504 e. The number of furan rings is 1. The first-order valence-electron chi connectivity index (χ1n) is 18.8. The lowest BCUT2D eigenvalue weighted by Gasteiger charge is -2.18. The van der Waals surface area contributed by atoms with Crippen molar-refractivity contribution in [1.82, 2.24) is 8.97 Å². The number of aromatic hydroxyl groups is 6. The molecule has 6 N–H and O–H groups in total. The molecule has 5 aromatic heterocycles. The van der Waals surface area contributed by atoms with E-state index in [9.17, 15) is 30.6 Å². The van der Waals surface area contributed by atoms with Crippen LogP contribution in [0.3, 0.4) is 0 Å². The lowest BCUT2D eigenvalue weighted by Crippen LogP contribution is -2.24. The minimum absolute atomic E-state index is 0.0229. The average Bonchev–Trinajstić information content (AvgIpc) is 3.84. The number of aryl methyl sites for hydroxylation is 1. The van der Waals surface area contributed by atoms with Crippen molar-refractivity contribution in [3.8, 4) is 62.8 Å². The van der Waals surface area contributed by atoms with Gasteiger partial charge in [-0.3, -0.25) is 18.3 Å². The number of phenolic OH excluding ortho intramolecular Hbond substituents is 6. The second-order valence-corrected chi connectivity index (χ2v) is 15.1. The second-order valence-electron chi connectivity index (χ2n) is 15.1. The molecular weight excluding hydrogens is 753 g/mol. The third-order valence-corrected chi connectivity index (χ3v) is 11.9. The Morgan fingerprint density at radius 3 is 2.03 bits per heavy atom. The van der Waals surface area contributed by atoms with E-state index >= 15 is 0 Å². The summed E-state index contributed by atoms with van der Waals surface area (Å²) < 4.78 is 34.7. The van der Waals surface area contributed by atoms with E-state index in [1.54, 1.807) is 19.1 Å². The van der Waals surface area contributed by atoms with E-state index in [1.165, 1.54) is 0 Å². The van der Waals surface area contributed by atoms with Gasteiger partial charge in [0.25, 0.3) is 0 Å². The Bertz CT molecular complexity index is 3760. The zero-order valence-electron chi connectivity index (χ0n) is 31.3. The van der Waals surface area contributed by atoms with Crippen LogP contribution in [0.5, 0.6) is 34.5 Å². The van der Waals surface area contributed by atoms with Gasteiger partial charge in [-0.15, -0.1) is 5.98 Å². The fourth-order valence-corrected chi connectivity index (χ4v) is 9.48. The van der Waals surface area contributed by atoms with Crippen LogP contribution in [0.2, 0.25) is 0 Å². The Kier molecular flexibility index (Phi) is 6.30. The molecule has 13 nitrogen and oxygen atoms in total. The molecule has 284 valence electrons. The molecule has 0 saturated heterocycles. The lowest BCUT2D eigenvalue weighted by molar-refractivity contribution is 0.0742. The SMILES string of the molecule is B/C=C1\Bc2cc(O)c3ooc4c(O)cc(B)c5c4c4c6c3c2n2c1c(-c1oc3c(O)cc(O)c(O)c3c1C)ooc(c(O)c4n5-c1cccc(-c3ccccc3)c1)c62. The summed E-state index contributed by atoms with van der Waals surface area (Å²) in [5, 5.41) is 70.2. The Labute approximate surface area is 332 Å². The molecule has 0 aliphatic carbocycles. The maximum atomic E-state index is 12.8. The van der Waals surface area contributed by atoms with Gasteiger partial charge in [0.2, 0.25) is 22.5 Å². The first-order valence-corrected chi connectivity index (χ1v) is 18.8. The van der Waals surface area contributed by atoms with E-state index in [1.807, 2.05) is 85.2 Å². The van der Waals surface area contributed by atoms with Gasteiger partial charge in [-0.05, 0) is 42.3 Å². The van der Waals surface area contributed by atoms with Gasteiger partial charge in [0.1, 0.15) is 26.7 Å². The molecule has 0 unspecified atom stereocenters. The molecule has 0 atom stereocenters. The minimum Gasteiger partial charge on any atom is -0.504 e. The highest BCUT2D eigenvalue weighted by molar-refractivity contribution is 6.77.